The molecule has 0 aliphatic rings. The molecule has 1 aromatic rings. The van der Waals surface area contributed by atoms with E-state index in [0.29, 0.717) is 17.4 Å². The molecule has 0 N–H and O–H groups in total. The first-order valence-corrected chi connectivity index (χ1v) is 8.11. The van der Waals surface area contributed by atoms with Gasteiger partial charge in [0, 0.05) is 16.7 Å². The van der Waals surface area contributed by atoms with Crippen molar-refractivity contribution >= 4 is 17.5 Å². The van der Waals surface area contributed by atoms with Crippen LogP contribution in [0.1, 0.15) is 66.3 Å². The van der Waals surface area contributed by atoms with Gasteiger partial charge in [-0.3, -0.25) is 4.79 Å². The van der Waals surface area contributed by atoms with Gasteiger partial charge in [-0.05, 0) is 20.3 Å². The number of Topliss-reactive ketones (excluding diaryl/α,β-unsaturated/α-hetero) is 1. The zero-order valence-electron chi connectivity index (χ0n) is 13.7. The summed E-state index contributed by atoms with van der Waals surface area (Å²) in [5.41, 5.74) is 0.846. The van der Waals surface area contributed by atoms with Crippen molar-refractivity contribution in [3.63, 3.8) is 0 Å². The molecule has 0 aliphatic carbocycles. The van der Waals surface area contributed by atoms with Crippen LogP contribution in [-0.2, 0) is 16.6 Å². The number of carbonyl (C=O) groups is 1. The van der Waals surface area contributed by atoms with Crippen LogP contribution in [-0.4, -0.2) is 20.9 Å². The lowest BCUT2D eigenvalue weighted by atomic mass is 9.92. The highest BCUT2D eigenvalue weighted by atomic mass is 32.2. The van der Waals surface area contributed by atoms with Crippen molar-refractivity contribution in [1.29, 1.82) is 0 Å². The number of aromatic nitrogens is 1. The molecule has 0 bridgehead atoms. The van der Waals surface area contributed by atoms with E-state index < -0.39 is 0 Å². The van der Waals surface area contributed by atoms with Gasteiger partial charge in [0.1, 0.15) is 5.76 Å². The van der Waals surface area contributed by atoms with E-state index in [4.69, 9.17) is 4.52 Å². The van der Waals surface area contributed by atoms with E-state index in [2.05, 4.69) is 39.8 Å². The van der Waals surface area contributed by atoms with Crippen molar-refractivity contribution < 1.29 is 9.32 Å². The third-order valence-corrected chi connectivity index (χ3v) is 4.96. The van der Waals surface area contributed by atoms with Crippen LogP contribution < -0.4 is 0 Å². The molecule has 20 heavy (non-hydrogen) atoms. The summed E-state index contributed by atoms with van der Waals surface area (Å²) in [6.45, 7) is 14.5. The smallest absolute Gasteiger partial charge is 0.155 e. The summed E-state index contributed by atoms with van der Waals surface area (Å²) >= 11 is 1.73. The Morgan fingerprint density at radius 2 is 1.95 bits per heavy atom. The molecule has 0 radical (unpaired) electrons. The maximum absolute atomic E-state index is 12.4. The van der Waals surface area contributed by atoms with Gasteiger partial charge in [-0.2, -0.15) is 0 Å². The molecule has 3 nitrogen and oxygen atoms in total. The summed E-state index contributed by atoms with van der Waals surface area (Å²) in [7, 11) is 0. The number of carbonyl (C=O) groups excluding carboxylic acids is 1. The summed E-state index contributed by atoms with van der Waals surface area (Å²) in [5.74, 6) is 0.858. The Bertz CT molecular complexity index is 457. The minimum absolute atomic E-state index is 0.0498. The highest BCUT2D eigenvalue weighted by Crippen LogP contribution is 2.32. The van der Waals surface area contributed by atoms with Crippen molar-refractivity contribution in [2.45, 2.75) is 76.7 Å². The largest absolute Gasteiger partial charge is 0.361 e. The van der Waals surface area contributed by atoms with Crippen molar-refractivity contribution in [3.8, 4) is 0 Å². The highest BCUT2D eigenvalue weighted by molar-refractivity contribution is 8.01. The fraction of sp³-hybridized carbons (Fsp3) is 0.750. The summed E-state index contributed by atoms with van der Waals surface area (Å²) < 4.78 is 4.92. The maximum Gasteiger partial charge on any atom is 0.155 e. The molecule has 0 fully saturated rings. The maximum atomic E-state index is 12.4. The van der Waals surface area contributed by atoms with Gasteiger partial charge in [0.2, 0.25) is 0 Å². The number of rotatable bonds is 6. The molecular formula is C16H27NO2S. The van der Waals surface area contributed by atoms with Crippen LogP contribution in [0, 0.1) is 0 Å². The lowest BCUT2D eigenvalue weighted by Gasteiger charge is -2.25. The fourth-order valence-electron chi connectivity index (χ4n) is 1.77. The molecule has 0 saturated carbocycles. The first-order valence-electron chi connectivity index (χ1n) is 7.23. The number of hydrogen-bond acceptors (Lipinski definition) is 4. The van der Waals surface area contributed by atoms with E-state index in [1.165, 1.54) is 0 Å². The molecule has 1 atom stereocenters. The Balaban J connectivity index is 2.73. The second kappa shape index (κ2) is 6.33. The van der Waals surface area contributed by atoms with Crippen LogP contribution >= 0.6 is 11.8 Å². The molecule has 0 aliphatic heterocycles. The number of thioether (sulfide) groups is 1. The predicted octanol–water partition coefficient (Wildman–Crippen LogP) is 4.39. The Kier molecular flexibility index (Phi) is 5.47. The van der Waals surface area contributed by atoms with E-state index in [-0.39, 0.29) is 15.9 Å². The van der Waals surface area contributed by atoms with Gasteiger partial charge >= 0.3 is 0 Å². The Labute approximate surface area is 126 Å². The first-order chi connectivity index (χ1) is 9.06. The van der Waals surface area contributed by atoms with Crippen molar-refractivity contribution in [2.75, 3.05) is 0 Å². The standard InChI is InChI=1S/C16H27NO2S/c1-8-11(2)20-16(6,7)14(18)10-12-9-13(17-19-12)15(3,4)5/h9,11H,8,10H2,1-7H3. The highest BCUT2D eigenvalue weighted by Gasteiger charge is 2.31. The van der Waals surface area contributed by atoms with Crippen molar-refractivity contribution in [3.05, 3.63) is 17.5 Å². The van der Waals surface area contributed by atoms with Gasteiger partial charge in [0.15, 0.2) is 5.78 Å². The van der Waals surface area contributed by atoms with Gasteiger partial charge in [-0.15, -0.1) is 11.8 Å². The molecule has 4 heteroatoms. The third kappa shape index (κ3) is 4.65. The molecule has 0 amide bonds. The fourth-order valence-corrected chi connectivity index (χ4v) is 3.15. The van der Waals surface area contributed by atoms with Crippen LogP contribution in [0.4, 0.5) is 0 Å². The van der Waals surface area contributed by atoms with E-state index in [1.54, 1.807) is 11.8 Å². The molecular weight excluding hydrogens is 270 g/mol. The van der Waals surface area contributed by atoms with Crippen LogP contribution in [0.3, 0.4) is 0 Å². The second-order valence-electron chi connectivity index (χ2n) is 6.88. The molecule has 114 valence electrons. The van der Waals surface area contributed by atoms with Crippen LogP contribution in [0.2, 0.25) is 0 Å². The molecule has 1 rings (SSSR count). The number of nitrogens with zero attached hydrogens (tertiary/aromatic N) is 1. The van der Waals surface area contributed by atoms with Gasteiger partial charge in [0.05, 0.1) is 16.9 Å². The predicted molar refractivity (Wildman–Crippen MR) is 85.3 cm³/mol. The molecule has 1 aromatic heterocycles. The van der Waals surface area contributed by atoms with Crippen LogP contribution in [0.15, 0.2) is 10.6 Å². The summed E-state index contributed by atoms with van der Waals surface area (Å²) in [6.07, 6.45) is 1.39. The van der Waals surface area contributed by atoms with Crippen LogP contribution in [0.25, 0.3) is 0 Å². The lowest BCUT2D eigenvalue weighted by molar-refractivity contribution is -0.120. The van der Waals surface area contributed by atoms with E-state index in [0.717, 1.165) is 12.1 Å². The normalized spacial score (nSPS) is 14.3. The first kappa shape index (κ1) is 17.3. The SMILES string of the molecule is CCC(C)SC(C)(C)C(=O)Cc1cc(C(C)(C)C)no1. The molecule has 0 spiro atoms. The third-order valence-electron chi connectivity index (χ3n) is 3.40. The van der Waals surface area contributed by atoms with Gasteiger partial charge in [-0.1, -0.05) is 39.8 Å². The Morgan fingerprint density at radius 3 is 2.40 bits per heavy atom. The summed E-state index contributed by atoms with van der Waals surface area (Å²) in [4.78, 5) is 12.4. The zero-order valence-corrected chi connectivity index (χ0v) is 14.6. The monoisotopic (exact) mass is 297 g/mol. The van der Waals surface area contributed by atoms with E-state index >= 15 is 0 Å². The molecule has 0 aromatic carbocycles. The summed E-state index contributed by atoms with van der Waals surface area (Å²) in [6, 6.07) is 1.90. The van der Waals surface area contributed by atoms with Gasteiger partial charge in [0.25, 0.3) is 0 Å². The molecule has 1 unspecified atom stereocenters. The summed E-state index contributed by atoms with van der Waals surface area (Å²) in [5, 5.41) is 4.55. The van der Waals surface area contributed by atoms with Gasteiger partial charge in [-0.25, -0.2) is 0 Å². The number of hydrogen-bond donors (Lipinski definition) is 0. The van der Waals surface area contributed by atoms with Crippen molar-refractivity contribution in [1.82, 2.24) is 5.16 Å². The Morgan fingerprint density at radius 1 is 1.35 bits per heavy atom. The average molecular weight is 297 g/mol. The Hall–Kier alpha value is -0.770. The van der Waals surface area contributed by atoms with E-state index in [1.807, 2.05) is 19.9 Å². The number of ketones is 1. The van der Waals surface area contributed by atoms with Gasteiger partial charge < -0.3 is 4.52 Å². The quantitative estimate of drug-likeness (QED) is 0.781. The van der Waals surface area contributed by atoms with E-state index in [9.17, 15) is 4.79 Å². The van der Waals surface area contributed by atoms with Crippen molar-refractivity contribution in [2.24, 2.45) is 0 Å². The minimum Gasteiger partial charge on any atom is -0.361 e. The second-order valence-corrected chi connectivity index (χ2v) is 8.94. The molecule has 1 heterocycles. The minimum atomic E-state index is -0.385. The van der Waals surface area contributed by atoms with Crippen LogP contribution in [0.5, 0.6) is 0 Å². The lowest BCUT2D eigenvalue weighted by Crippen LogP contribution is -2.31. The topological polar surface area (TPSA) is 43.1 Å². The molecule has 0 saturated heterocycles. The average Bonchev–Trinajstić information content (AvgIpc) is 2.76. The zero-order chi connectivity index (χ0) is 15.6.